The first kappa shape index (κ1) is 17.3. The van der Waals surface area contributed by atoms with Crippen LogP contribution >= 0.6 is 15.9 Å². The van der Waals surface area contributed by atoms with Crippen LogP contribution in [0.1, 0.15) is 22.8 Å². The number of carbonyl (C=O) groups is 1. The van der Waals surface area contributed by atoms with Gasteiger partial charge in [-0.25, -0.2) is 0 Å². The van der Waals surface area contributed by atoms with Gasteiger partial charge in [0, 0.05) is 23.6 Å². The molecule has 0 N–H and O–H groups in total. The molecule has 4 nitrogen and oxygen atoms in total. The van der Waals surface area contributed by atoms with E-state index in [-0.39, 0.29) is 5.91 Å². The number of halogens is 1. The maximum Gasteiger partial charge on any atom is 0.257 e. The number of ether oxygens (including phenoxy) is 2. The van der Waals surface area contributed by atoms with Crippen molar-refractivity contribution in [3.8, 4) is 11.5 Å². The van der Waals surface area contributed by atoms with Gasteiger partial charge in [0.1, 0.15) is 11.5 Å². The maximum absolute atomic E-state index is 12.7. The Labute approximate surface area is 145 Å². The van der Waals surface area contributed by atoms with Gasteiger partial charge in [0.2, 0.25) is 0 Å². The van der Waals surface area contributed by atoms with E-state index >= 15 is 0 Å². The molecule has 0 fully saturated rings. The van der Waals surface area contributed by atoms with Crippen molar-refractivity contribution in [1.82, 2.24) is 4.90 Å². The number of hydrogen-bond donors (Lipinski definition) is 0. The Hall–Kier alpha value is -2.01. The van der Waals surface area contributed by atoms with Crippen LogP contribution in [0, 0.1) is 0 Å². The third kappa shape index (κ3) is 4.26. The van der Waals surface area contributed by atoms with Crippen molar-refractivity contribution in [2.45, 2.75) is 13.5 Å². The van der Waals surface area contributed by atoms with Crippen molar-refractivity contribution in [3.05, 3.63) is 58.1 Å². The molecular formula is C18H20BrNO3. The Bertz CT molecular complexity index is 688. The number of nitrogens with zero attached hydrogens (tertiary/aromatic N) is 1. The SMILES string of the molecule is CCOc1ccccc1C(=O)N(C)Cc1cc(Br)ccc1OC. The molecule has 2 rings (SSSR count). The summed E-state index contributed by atoms with van der Waals surface area (Å²) in [6, 6.07) is 13.0. The predicted octanol–water partition coefficient (Wildman–Crippen LogP) is 4.13. The molecule has 0 heterocycles. The summed E-state index contributed by atoms with van der Waals surface area (Å²) in [5.74, 6) is 1.27. The topological polar surface area (TPSA) is 38.8 Å². The molecule has 0 aliphatic heterocycles. The Morgan fingerprint density at radius 2 is 1.91 bits per heavy atom. The molecule has 0 bridgehead atoms. The second-order valence-electron chi connectivity index (χ2n) is 5.05. The van der Waals surface area contributed by atoms with Crippen molar-refractivity contribution in [2.75, 3.05) is 20.8 Å². The van der Waals surface area contributed by atoms with Crippen molar-refractivity contribution in [1.29, 1.82) is 0 Å². The van der Waals surface area contributed by atoms with Crippen LogP contribution in [-0.2, 0) is 6.54 Å². The van der Waals surface area contributed by atoms with Gasteiger partial charge in [0.05, 0.1) is 19.3 Å². The summed E-state index contributed by atoms with van der Waals surface area (Å²) in [5, 5.41) is 0. The monoisotopic (exact) mass is 377 g/mol. The van der Waals surface area contributed by atoms with Gasteiger partial charge in [-0.3, -0.25) is 4.79 Å². The minimum absolute atomic E-state index is 0.0870. The minimum Gasteiger partial charge on any atom is -0.496 e. The first-order valence-corrected chi connectivity index (χ1v) is 8.15. The van der Waals surface area contributed by atoms with E-state index in [1.165, 1.54) is 0 Å². The Kier molecular flexibility index (Phi) is 6.04. The number of benzene rings is 2. The molecule has 23 heavy (non-hydrogen) atoms. The summed E-state index contributed by atoms with van der Waals surface area (Å²) in [6.45, 7) is 2.87. The van der Waals surface area contributed by atoms with E-state index in [1.807, 2.05) is 43.3 Å². The molecule has 1 amide bonds. The molecule has 0 unspecified atom stereocenters. The zero-order chi connectivity index (χ0) is 16.8. The fourth-order valence-corrected chi connectivity index (χ4v) is 2.74. The van der Waals surface area contributed by atoms with Crippen LogP contribution in [0.5, 0.6) is 11.5 Å². The van der Waals surface area contributed by atoms with Crippen molar-refractivity contribution in [3.63, 3.8) is 0 Å². The molecule has 0 aliphatic rings. The van der Waals surface area contributed by atoms with Crippen LogP contribution < -0.4 is 9.47 Å². The average molecular weight is 378 g/mol. The van der Waals surface area contributed by atoms with Crippen LogP contribution in [-0.4, -0.2) is 31.6 Å². The number of rotatable bonds is 6. The standard InChI is InChI=1S/C18H20BrNO3/c1-4-23-17-8-6-5-7-15(17)18(21)20(2)12-13-11-14(19)9-10-16(13)22-3/h5-11H,4,12H2,1-3H3. The fourth-order valence-electron chi connectivity index (χ4n) is 2.33. The van der Waals surface area contributed by atoms with Crippen LogP contribution in [0.3, 0.4) is 0 Å². The van der Waals surface area contributed by atoms with Gasteiger partial charge in [0.15, 0.2) is 0 Å². The molecule has 122 valence electrons. The number of amides is 1. The second-order valence-corrected chi connectivity index (χ2v) is 5.96. The van der Waals surface area contributed by atoms with E-state index in [1.54, 1.807) is 25.1 Å². The zero-order valence-corrected chi connectivity index (χ0v) is 15.1. The zero-order valence-electron chi connectivity index (χ0n) is 13.5. The summed E-state index contributed by atoms with van der Waals surface area (Å²) in [6.07, 6.45) is 0. The molecule has 0 saturated carbocycles. The number of hydrogen-bond acceptors (Lipinski definition) is 3. The number of methoxy groups -OCH3 is 1. The Morgan fingerprint density at radius 1 is 1.17 bits per heavy atom. The first-order chi connectivity index (χ1) is 11.1. The highest BCUT2D eigenvalue weighted by Crippen LogP contribution is 2.25. The van der Waals surface area contributed by atoms with Crippen LogP contribution in [0.15, 0.2) is 46.9 Å². The van der Waals surface area contributed by atoms with Gasteiger partial charge in [0.25, 0.3) is 5.91 Å². The summed E-state index contributed by atoms with van der Waals surface area (Å²) < 4.78 is 11.9. The lowest BCUT2D eigenvalue weighted by Crippen LogP contribution is -2.27. The van der Waals surface area contributed by atoms with E-state index in [2.05, 4.69) is 15.9 Å². The average Bonchev–Trinajstić information content (AvgIpc) is 2.55. The van der Waals surface area contributed by atoms with Crippen molar-refractivity contribution >= 4 is 21.8 Å². The number of carbonyl (C=O) groups excluding carboxylic acids is 1. The van der Waals surface area contributed by atoms with Crippen molar-refractivity contribution < 1.29 is 14.3 Å². The van der Waals surface area contributed by atoms with E-state index in [9.17, 15) is 4.79 Å². The lowest BCUT2D eigenvalue weighted by Gasteiger charge is -2.20. The van der Waals surface area contributed by atoms with Crippen LogP contribution in [0.2, 0.25) is 0 Å². The van der Waals surface area contributed by atoms with E-state index in [4.69, 9.17) is 9.47 Å². The van der Waals surface area contributed by atoms with Gasteiger partial charge in [-0.2, -0.15) is 0 Å². The highest BCUT2D eigenvalue weighted by molar-refractivity contribution is 9.10. The molecule has 0 aliphatic carbocycles. The van der Waals surface area contributed by atoms with Gasteiger partial charge < -0.3 is 14.4 Å². The van der Waals surface area contributed by atoms with Gasteiger partial charge >= 0.3 is 0 Å². The molecule has 2 aromatic rings. The largest absolute Gasteiger partial charge is 0.496 e. The molecule has 0 saturated heterocycles. The Balaban J connectivity index is 2.23. The predicted molar refractivity (Wildman–Crippen MR) is 94.1 cm³/mol. The summed E-state index contributed by atoms with van der Waals surface area (Å²) >= 11 is 3.45. The lowest BCUT2D eigenvalue weighted by atomic mass is 10.1. The van der Waals surface area contributed by atoms with Crippen LogP contribution in [0.25, 0.3) is 0 Å². The maximum atomic E-state index is 12.7. The normalized spacial score (nSPS) is 10.3. The molecule has 5 heteroatoms. The molecule has 0 aromatic heterocycles. The lowest BCUT2D eigenvalue weighted by molar-refractivity contribution is 0.0780. The van der Waals surface area contributed by atoms with Gasteiger partial charge in [-0.1, -0.05) is 28.1 Å². The number of para-hydroxylation sites is 1. The van der Waals surface area contributed by atoms with Crippen molar-refractivity contribution in [2.24, 2.45) is 0 Å². The fraction of sp³-hybridized carbons (Fsp3) is 0.278. The van der Waals surface area contributed by atoms with Gasteiger partial charge in [-0.05, 0) is 37.3 Å². The van der Waals surface area contributed by atoms with E-state index < -0.39 is 0 Å². The third-order valence-electron chi connectivity index (χ3n) is 3.41. The molecule has 2 aromatic carbocycles. The third-order valence-corrected chi connectivity index (χ3v) is 3.91. The summed E-state index contributed by atoms with van der Waals surface area (Å²) in [4.78, 5) is 14.4. The molecule has 0 radical (unpaired) electrons. The Morgan fingerprint density at radius 3 is 2.61 bits per heavy atom. The smallest absolute Gasteiger partial charge is 0.257 e. The van der Waals surface area contributed by atoms with E-state index in [0.29, 0.717) is 24.5 Å². The van der Waals surface area contributed by atoms with Crippen LogP contribution in [0.4, 0.5) is 0 Å². The molecular weight excluding hydrogens is 358 g/mol. The molecule has 0 atom stereocenters. The summed E-state index contributed by atoms with van der Waals surface area (Å²) in [5.41, 5.74) is 1.50. The molecule has 0 spiro atoms. The highest BCUT2D eigenvalue weighted by Gasteiger charge is 2.18. The first-order valence-electron chi connectivity index (χ1n) is 7.36. The minimum atomic E-state index is -0.0870. The van der Waals surface area contributed by atoms with Gasteiger partial charge in [-0.15, -0.1) is 0 Å². The highest BCUT2D eigenvalue weighted by atomic mass is 79.9. The van der Waals surface area contributed by atoms with E-state index in [0.717, 1.165) is 15.8 Å². The quantitative estimate of drug-likeness (QED) is 0.759. The second kappa shape index (κ2) is 8.02. The summed E-state index contributed by atoms with van der Waals surface area (Å²) in [7, 11) is 3.39.